The Morgan fingerprint density at radius 1 is 0.683 bits per heavy atom. The van der Waals surface area contributed by atoms with Crippen LogP contribution < -0.4 is 11.1 Å². The van der Waals surface area contributed by atoms with Gasteiger partial charge in [0.1, 0.15) is 23.0 Å². The number of imidazole rings is 2. The van der Waals surface area contributed by atoms with Crippen molar-refractivity contribution in [3.8, 4) is 22.8 Å². The van der Waals surface area contributed by atoms with Gasteiger partial charge in [-0.15, -0.1) is 0 Å². The number of fused-ring (bicyclic) bond motifs is 2. The third kappa shape index (κ3) is 9.43. The fraction of sp³-hybridized carbons (Fsp3) is 0.265. The number of sulfone groups is 2. The van der Waals surface area contributed by atoms with Crippen LogP contribution in [0.25, 0.3) is 44.8 Å². The Morgan fingerprint density at radius 3 is 1.47 bits per heavy atom. The molecule has 60 heavy (non-hydrogen) atoms. The Labute approximate surface area is 361 Å². The van der Waals surface area contributed by atoms with E-state index in [1.165, 1.54) is 42.2 Å². The zero-order chi connectivity index (χ0) is 45.1. The highest BCUT2D eigenvalue weighted by molar-refractivity contribution is 14.1. The molecule has 0 aliphatic heterocycles. The number of anilines is 2. The summed E-state index contributed by atoms with van der Waals surface area (Å²) in [5, 5.41) is 1.63. The highest BCUT2D eigenvalue weighted by Gasteiger charge is 2.39. The summed E-state index contributed by atoms with van der Waals surface area (Å²) in [4.78, 5) is 26.1. The van der Waals surface area contributed by atoms with E-state index >= 15 is 0 Å². The number of alkyl halides is 9. The number of rotatable bonds is 7. The number of hydrogen-bond donors (Lipinski definition) is 2. The average molecular weight is 1120 g/mol. The molecular weight excluding hydrogens is 1090 g/mol. The Bertz CT molecular complexity index is 2920. The van der Waals surface area contributed by atoms with Gasteiger partial charge in [-0.3, -0.25) is 4.79 Å². The predicted octanol–water partition coefficient (Wildman–Crippen LogP) is 8.19. The summed E-state index contributed by atoms with van der Waals surface area (Å²) < 4.78 is 170. The molecule has 0 saturated carbocycles. The number of nitrogen functional groups attached to an aromatic ring is 1. The molecule has 6 aromatic rings. The van der Waals surface area contributed by atoms with Crippen LogP contribution in [-0.4, -0.2) is 69.5 Å². The van der Waals surface area contributed by atoms with Gasteiger partial charge in [0.15, 0.2) is 19.7 Å². The molecule has 13 nitrogen and oxygen atoms in total. The van der Waals surface area contributed by atoms with Gasteiger partial charge in [-0.2, -0.15) is 39.5 Å². The maximum Gasteiger partial charge on any atom is 0.471 e. The second kappa shape index (κ2) is 16.5. The van der Waals surface area contributed by atoms with Gasteiger partial charge in [0.25, 0.3) is 0 Å². The fourth-order valence-corrected chi connectivity index (χ4v) is 8.82. The zero-order valence-electron chi connectivity index (χ0n) is 30.8. The van der Waals surface area contributed by atoms with Gasteiger partial charge in [-0.1, -0.05) is 13.8 Å². The third-order valence-electron chi connectivity index (χ3n) is 8.70. The van der Waals surface area contributed by atoms with Gasteiger partial charge in [0, 0.05) is 38.0 Å². The number of carbonyl (C=O) groups excluding carboxylic acids is 1. The fourth-order valence-electron chi connectivity index (χ4n) is 5.56. The van der Waals surface area contributed by atoms with Crippen molar-refractivity contribution in [3.63, 3.8) is 0 Å². The first-order valence-electron chi connectivity index (χ1n) is 16.6. The van der Waals surface area contributed by atoms with Crippen LogP contribution in [0.15, 0.2) is 58.6 Å². The van der Waals surface area contributed by atoms with Crippen LogP contribution in [0.1, 0.15) is 25.2 Å². The number of benzene rings is 2. The number of aryl methyl sites for hydroxylation is 2. The third-order valence-corrected chi connectivity index (χ3v) is 14.1. The van der Waals surface area contributed by atoms with E-state index in [2.05, 4.69) is 19.9 Å². The van der Waals surface area contributed by atoms with Crippen molar-refractivity contribution in [2.24, 2.45) is 14.1 Å². The first kappa shape index (κ1) is 46.7. The molecule has 4 aromatic heterocycles. The number of hydrogen-bond acceptors (Lipinski definition) is 10. The number of carbonyl (C=O) groups is 1. The van der Waals surface area contributed by atoms with E-state index in [4.69, 9.17) is 5.73 Å². The van der Waals surface area contributed by atoms with Gasteiger partial charge in [0.05, 0.1) is 61.4 Å². The molecule has 0 bridgehead atoms. The van der Waals surface area contributed by atoms with Crippen LogP contribution in [0, 0.1) is 7.14 Å². The van der Waals surface area contributed by atoms with E-state index in [0.717, 1.165) is 24.5 Å². The monoisotopic (exact) mass is 1120 g/mol. The Balaban J connectivity index is 0.000000232. The Kier molecular flexibility index (Phi) is 12.9. The number of halogens is 11. The van der Waals surface area contributed by atoms with Crippen molar-refractivity contribution in [1.29, 1.82) is 0 Å². The lowest BCUT2D eigenvalue weighted by molar-refractivity contribution is -0.167. The van der Waals surface area contributed by atoms with Gasteiger partial charge < -0.3 is 20.2 Å². The van der Waals surface area contributed by atoms with Crippen LogP contribution >= 0.6 is 45.2 Å². The maximum atomic E-state index is 13.0. The topological polar surface area (TPSA) is 185 Å². The van der Waals surface area contributed by atoms with E-state index in [1.807, 2.05) is 22.6 Å². The van der Waals surface area contributed by atoms with Crippen LogP contribution in [0.4, 0.5) is 50.9 Å². The number of nitrogens with zero attached hydrogens (tertiary/aromatic N) is 6. The first-order chi connectivity index (χ1) is 27.5. The van der Waals surface area contributed by atoms with Crippen molar-refractivity contribution in [2.45, 2.75) is 42.2 Å². The summed E-state index contributed by atoms with van der Waals surface area (Å²) in [6, 6.07) is 6.53. The molecular formula is C34H27F9I2N8O5S2. The largest absolute Gasteiger partial charge is 0.471 e. The summed E-state index contributed by atoms with van der Waals surface area (Å²) in [6.45, 7) is 2.81. The summed E-state index contributed by atoms with van der Waals surface area (Å²) in [6.07, 6.45) is -12.5. The number of nitrogens with one attached hydrogen (secondary N) is 1. The summed E-state index contributed by atoms with van der Waals surface area (Å²) in [7, 11) is -4.68. The zero-order valence-corrected chi connectivity index (χ0v) is 36.8. The molecule has 0 saturated heterocycles. The molecule has 0 spiro atoms. The minimum atomic E-state index is -5.20. The molecule has 2 aromatic carbocycles. The smallest absolute Gasteiger partial charge is 0.398 e. The minimum Gasteiger partial charge on any atom is -0.398 e. The molecule has 6 rings (SSSR count). The molecule has 0 atom stereocenters. The molecule has 0 aliphatic rings. The highest BCUT2D eigenvalue weighted by Crippen LogP contribution is 2.38. The predicted molar refractivity (Wildman–Crippen MR) is 218 cm³/mol. The normalized spacial score (nSPS) is 12.8. The standard InChI is InChI=1S/C18H13F6IN4O3S.C16H14F3IN4O2S/c1-3-33(31,32)13-5-10(28-16(30)18(22,23)24)9(25)4-8(13)15-27-11-6-14(17(19,20)21)26-7-12(11)29(15)2;1-3-27(25,26)13-5-10(21)9(20)4-8(13)15-23-11-6-14(16(17,18)19)22-7-12(11)24(15)2/h4-7H,3H2,1-2H3,(H,28,30);4-7H,3,21H2,1-2H3. The molecule has 3 N–H and O–H groups in total. The Hall–Kier alpha value is -4.32. The molecule has 1 amide bonds. The molecule has 4 heterocycles. The van der Waals surface area contributed by atoms with Gasteiger partial charge in [0.2, 0.25) is 0 Å². The van der Waals surface area contributed by atoms with Crippen LogP contribution in [-0.2, 0) is 50.9 Å². The molecule has 0 aliphatic carbocycles. The number of pyridine rings is 2. The SMILES string of the molecule is CCS(=O)(=O)c1cc(N)c(I)cc1-c1nc2cc(C(F)(F)F)ncc2n1C.CCS(=O)(=O)c1cc(NC(=O)C(F)(F)F)c(I)cc1-c1nc2cc(C(F)(F)F)ncc2n1C. The van der Waals surface area contributed by atoms with Crippen molar-refractivity contribution in [1.82, 2.24) is 29.1 Å². The first-order valence-corrected chi connectivity index (χ1v) is 22.0. The van der Waals surface area contributed by atoms with Gasteiger partial charge in [-0.05, 0) is 81.6 Å². The van der Waals surface area contributed by atoms with Crippen molar-refractivity contribution in [2.75, 3.05) is 22.6 Å². The lowest BCUT2D eigenvalue weighted by atomic mass is 10.2. The van der Waals surface area contributed by atoms with Crippen LogP contribution in [0.5, 0.6) is 0 Å². The second-order valence-corrected chi connectivity index (χ2v) is 19.4. The second-order valence-electron chi connectivity index (χ2n) is 12.6. The van der Waals surface area contributed by atoms with E-state index in [-0.39, 0.29) is 53.5 Å². The molecule has 0 fully saturated rings. The van der Waals surface area contributed by atoms with Crippen LogP contribution in [0.3, 0.4) is 0 Å². The average Bonchev–Trinajstić information content (AvgIpc) is 3.67. The highest BCUT2D eigenvalue weighted by atomic mass is 127. The number of aromatic nitrogens is 6. The van der Waals surface area contributed by atoms with Crippen molar-refractivity contribution in [3.05, 3.63) is 67.3 Å². The molecule has 322 valence electrons. The van der Waals surface area contributed by atoms with Gasteiger partial charge in [-0.25, -0.2) is 36.8 Å². The quantitative estimate of drug-likeness (QED) is 0.0898. The van der Waals surface area contributed by atoms with E-state index in [0.29, 0.717) is 20.8 Å². The lowest BCUT2D eigenvalue weighted by Crippen LogP contribution is -2.30. The summed E-state index contributed by atoms with van der Waals surface area (Å²) in [5.41, 5.74) is 4.22. The number of nitrogens with two attached hydrogens (primary N) is 1. The van der Waals surface area contributed by atoms with Crippen molar-refractivity contribution < 1.29 is 61.1 Å². The number of amides is 1. The molecule has 0 unspecified atom stereocenters. The summed E-state index contributed by atoms with van der Waals surface area (Å²) >= 11 is 3.56. The summed E-state index contributed by atoms with van der Waals surface area (Å²) in [5.74, 6) is -2.71. The molecule has 26 heteroatoms. The Morgan fingerprint density at radius 2 is 1.08 bits per heavy atom. The van der Waals surface area contributed by atoms with Gasteiger partial charge >= 0.3 is 24.4 Å². The minimum absolute atomic E-state index is 0.00896. The lowest BCUT2D eigenvalue weighted by Gasteiger charge is -2.15. The van der Waals surface area contributed by atoms with E-state index in [1.54, 1.807) is 41.0 Å². The van der Waals surface area contributed by atoms with E-state index < -0.39 is 71.8 Å². The molecule has 0 radical (unpaired) electrons. The maximum absolute atomic E-state index is 13.0. The van der Waals surface area contributed by atoms with Crippen molar-refractivity contribution >= 4 is 104 Å². The van der Waals surface area contributed by atoms with Crippen LogP contribution in [0.2, 0.25) is 0 Å². The van der Waals surface area contributed by atoms with E-state index in [9.17, 15) is 61.1 Å².